The van der Waals surface area contributed by atoms with Gasteiger partial charge in [0.2, 0.25) is 0 Å². The van der Waals surface area contributed by atoms with Crippen LogP contribution < -0.4 is 0 Å². The first-order chi connectivity index (χ1) is 6.86. The molecule has 0 spiro atoms. The molecular formula is C9H7BrN2S2. The van der Waals surface area contributed by atoms with Crippen molar-refractivity contribution < 1.29 is 0 Å². The van der Waals surface area contributed by atoms with E-state index in [4.69, 9.17) is 0 Å². The summed E-state index contributed by atoms with van der Waals surface area (Å²) < 4.78 is 2.16. The third kappa shape index (κ3) is 2.56. The Hall–Kier alpha value is -0.390. The Bertz CT molecular complexity index is 403. The van der Waals surface area contributed by atoms with Crippen molar-refractivity contribution in [1.29, 1.82) is 0 Å². The highest BCUT2D eigenvalue weighted by Crippen LogP contribution is 2.27. The van der Waals surface area contributed by atoms with E-state index in [1.54, 1.807) is 28.6 Å². The molecule has 0 N–H and O–H groups in total. The third-order valence-corrected chi connectivity index (χ3v) is 4.33. The SMILES string of the molecule is Brc1ccccc1CSc1nncs1. The second-order valence-corrected chi connectivity index (χ2v) is 5.49. The number of nitrogens with zero attached hydrogens (tertiary/aromatic N) is 2. The van der Waals surface area contributed by atoms with Crippen molar-refractivity contribution in [3.8, 4) is 0 Å². The molecule has 0 unspecified atom stereocenters. The molecule has 1 aromatic carbocycles. The summed E-state index contributed by atoms with van der Waals surface area (Å²) >= 11 is 6.80. The normalized spacial score (nSPS) is 10.4. The van der Waals surface area contributed by atoms with E-state index in [2.05, 4.69) is 38.3 Å². The molecular weight excluding hydrogens is 280 g/mol. The number of rotatable bonds is 3. The first-order valence-corrected chi connectivity index (χ1v) is 6.64. The predicted octanol–water partition coefficient (Wildman–Crippen LogP) is 3.59. The molecule has 0 amide bonds. The van der Waals surface area contributed by atoms with Crippen LogP contribution in [0.4, 0.5) is 0 Å². The van der Waals surface area contributed by atoms with E-state index in [0.717, 1.165) is 14.6 Å². The Balaban J connectivity index is 2.02. The van der Waals surface area contributed by atoms with Crippen LogP contribution in [0.2, 0.25) is 0 Å². The van der Waals surface area contributed by atoms with E-state index < -0.39 is 0 Å². The summed E-state index contributed by atoms with van der Waals surface area (Å²) in [5.74, 6) is 0.927. The lowest BCUT2D eigenvalue weighted by Gasteiger charge is -2.00. The second-order valence-electron chi connectivity index (χ2n) is 2.58. The molecule has 2 nitrogen and oxygen atoms in total. The Kier molecular flexibility index (Phi) is 3.55. The highest BCUT2D eigenvalue weighted by atomic mass is 79.9. The molecule has 2 aromatic rings. The number of benzene rings is 1. The van der Waals surface area contributed by atoms with Gasteiger partial charge in [-0.2, -0.15) is 0 Å². The van der Waals surface area contributed by atoms with Gasteiger partial charge in [-0.15, -0.1) is 10.2 Å². The molecule has 0 saturated heterocycles. The van der Waals surface area contributed by atoms with Gasteiger partial charge in [-0.05, 0) is 11.6 Å². The van der Waals surface area contributed by atoms with Gasteiger partial charge in [0, 0.05) is 10.2 Å². The maximum atomic E-state index is 3.98. The van der Waals surface area contributed by atoms with Crippen molar-refractivity contribution in [2.75, 3.05) is 0 Å². The van der Waals surface area contributed by atoms with E-state index in [1.165, 1.54) is 5.56 Å². The molecule has 1 heterocycles. The maximum Gasteiger partial charge on any atom is 0.174 e. The molecule has 0 aliphatic heterocycles. The summed E-state index contributed by atoms with van der Waals surface area (Å²) in [6, 6.07) is 8.22. The molecule has 1 aromatic heterocycles. The Morgan fingerprint density at radius 3 is 2.93 bits per heavy atom. The lowest BCUT2D eigenvalue weighted by molar-refractivity contribution is 1.01. The largest absolute Gasteiger partial charge is 0.174 e. The minimum Gasteiger partial charge on any atom is -0.146 e. The third-order valence-electron chi connectivity index (χ3n) is 1.65. The van der Waals surface area contributed by atoms with Gasteiger partial charge in [-0.1, -0.05) is 57.2 Å². The molecule has 0 radical (unpaired) electrons. The van der Waals surface area contributed by atoms with Crippen molar-refractivity contribution >= 4 is 39.0 Å². The van der Waals surface area contributed by atoms with Crippen LogP contribution in [0.15, 0.2) is 38.6 Å². The van der Waals surface area contributed by atoms with Crippen LogP contribution in [0.1, 0.15) is 5.56 Å². The fourth-order valence-corrected chi connectivity index (χ4v) is 3.08. The summed E-state index contributed by atoms with van der Waals surface area (Å²) in [6.07, 6.45) is 0. The topological polar surface area (TPSA) is 25.8 Å². The van der Waals surface area contributed by atoms with Crippen molar-refractivity contribution in [2.45, 2.75) is 10.1 Å². The smallest absolute Gasteiger partial charge is 0.146 e. The van der Waals surface area contributed by atoms with Crippen LogP contribution in [0.5, 0.6) is 0 Å². The van der Waals surface area contributed by atoms with Crippen LogP contribution in [-0.4, -0.2) is 10.2 Å². The van der Waals surface area contributed by atoms with E-state index in [1.807, 2.05) is 12.1 Å². The maximum absolute atomic E-state index is 3.98. The number of aromatic nitrogens is 2. The summed E-state index contributed by atoms with van der Waals surface area (Å²) in [5.41, 5.74) is 3.04. The van der Waals surface area contributed by atoms with E-state index in [-0.39, 0.29) is 0 Å². The minimum absolute atomic E-state index is 0.927. The van der Waals surface area contributed by atoms with Gasteiger partial charge in [0.1, 0.15) is 5.51 Å². The molecule has 0 atom stereocenters. The van der Waals surface area contributed by atoms with E-state index >= 15 is 0 Å². The van der Waals surface area contributed by atoms with Gasteiger partial charge in [-0.3, -0.25) is 0 Å². The van der Waals surface area contributed by atoms with Gasteiger partial charge in [0.15, 0.2) is 4.34 Å². The number of halogens is 1. The molecule has 0 bridgehead atoms. The van der Waals surface area contributed by atoms with Gasteiger partial charge in [-0.25, -0.2) is 0 Å². The van der Waals surface area contributed by atoms with Crippen molar-refractivity contribution in [2.24, 2.45) is 0 Å². The standard InChI is InChI=1S/C9H7BrN2S2/c10-8-4-2-1-3-7(8)5-13-9-12-11-6-14-9/h1-4,6H,5H2. The number of thioether (sulfide) groups is 1. The highest BCUT2D eigenvalue weighted by Gasteiger charge is 2.01. The van der Waals surface area contributed by atoms with Crippen molar-refractivity contribution in [1.82, 2.24) is 10.2 Å². The Morgan fingerprint density at radius 1 is 1.36 bits per heavy atom. The first-order valence-electron chi connectivity index (χ1n) is 3.98. The van der Waals surface area contributed by atoms with Crippen LogP contribution >= 0.6 is 39.0 Å². The molecule has 2 rings (SSSR count). The molecule has 72 valence electrons. The van der Waals surface area contributed by atoms with Gasteiger partial charge in [0.25, 0.3) is 0 Å². The Morgan fingerprint density at radius 2 is 2.21 bits per heavy atom. The molecule has 14 heavy (non-hydrogen) atoms. The molecule has 0 aliphatic carbocycles. The molecule has 0 aliphatic rings. The van der Waals surface area contributed by atoms with E-state index in [0.29, 0.717) is 0 Å². The van der Waals surface area contributed by atoms with Crippen LogP contribution in [-0.2, 0) is 5.75 Å². The quantitative estimate of drug-likeness (QED) is 0.807. The van der Waals surface area contributed by atoms with E-state index in [9.17, 15) is 0 Å². The fraction of sp³-hybridized carbons (Fsp3) is 0.111. The predicted molar refractivity (Wildman–Crippen MR) is 63.6 cm³/mol. The van der Waals surface area contributed by atoms with Gasteiger partial charge < -0.3 is 0 Å². The number of hydrogen-bond acceptors (Lipinski definition) is 4. The summed E-state index contributed by atoms with van der Waals surface area (Å²) in [5, 5.41) is 7.77. The first kappa shape index (κ1) is 10.1. The summed E-state index contributed by atoms with van der Waals surface area (Å²) in [6.45, 7) is 0. The highest BCUT2D eigenvalue weighted by molar-refractivity contribution is 9.10. The number of hydrogen-bond donors (Lipinski definition) is 0. The molecule has 0 saturated carbocycles. The Labute approximate surface area is 98.9 Å². The summed E-state index contributed by atoms with van der Waals surface area (Å²) in [7, 11) is 0. The average molecular weight is 287 g/mol. The monoisotopic (exact) mass is 286 g/mol. The summed E-state index contributed by atoms with van der Waals surface area (Å²) in [4.78, 5) is 0. The zero-order valence-corrected chi connectivity index (χ0v) is 10.4. The zero-order chi connectivity index (χ0) is 9.80. The minimum atomic E-state index is 0.927. The van der Waals surface area contributed by atoms with Gasteiger partial charge >= 0.3 is 0 Å². The lowest BCUT2D eigenvalue weighted by Crippen LogP contribution is -1.81. The molecule has 5 heteroatoms. The van der Waals surface area contributed by atoms with Crippen LogP contribution in [0.25, 0.3) is 0 Å². The van der Waals surface area contributed by atoms with Crippen molar-refractivity contribution in [3.63, 3.8) is 0 Å². The fourth-order valence-electron chi connectivity index (χ4n) is 0.981. The second kappa shape index (κ2) is 4.91. The zero-order valence-electron chi connectivity index (χ0n) is 7.18. The van der Waals surface area contributed by atoms with Crippen LogP contribution in [0.3, 0.4) is 0 Å². The lowest BCUT2D eigenvalue weighted by atomic mass is 10.2. The molecule has 0 fully saturated rings. The average Bonchev–Trinajstić information content (AvgIpc) is 2.69. The van der Waals surface area contributed by atoms with Crippen molar-refractivity contribution in [3.05, 3.63) is 39.8 Å². The van der Waals surface area contributed by atoms with Crippen LogP contribution in [0, 0.1) is 0 Å². The van der Waals surface area contributed by atoms with Gasteiger partial charge in [0.05, 0.1) is 0 Å².